The van der Waals surface area contributed by atoms with E-state index in [0.717, 1.165) is 58.8 Å². The van der Waals surface area contributed by atoms with Crippen LogP contribution in [0.1, 0.15) is 25.7 Å². The number of hydrogen-bond donors (Lipinski definition) is 1. The van der Waals surface area contributed by atoms with Gasteiger partial charge in [0.15, 0.2) is 0 Å². The fraction of sp³-hybridized carbons (Fsp3) is 0.929. The van der Waals surface area contributed by atoms with E-state index in [9.17, 15) is 4.79 Å². The third-order valence-electron chi connectivity index (χ3n) is 4.65. The molecule has 0 aromatic carbocycles. The molecule has 0 spiro atoms. The highest BCUT2D eigenvalue weighted by atomic mass is 16.5. The van der Waals surface area contributed by atoms with Gasteiger partial charge in [-0.1, -0.05) is 6.42 Å². The first-order valence-electron chi connectivity index (χ1n) is 7.68. The zero-order chi connectivity index (χ0) is 13.1. The minimum atomic E-state index is 0.0807. The van der Waals surface area contributed by atoms with E-state index in [-0.39, 0.29) is 6.04 Å². The van der Waals surface area contributed by atoms with Crippen LogP contribution in [-0.4, -0.2) is 73.7 Å². The molecule has 2 atom stereocenters. The number of piperidine rings is 1. The van der Waals surface area contributed by atoms with E-state index in [2.05, 4.69) is 15.1 Å². The van der Waals surface area contributed by atoms with Gasteiger partial charge in [-0.15, -0.1) is 0 Å². The molecule has 19 heavy (non-hydrogen) atoms. The molecule has 2 unspecified atom stereocenters. The molecule has 0 aromatic rings. The summed E-state index contributed by atoms with van der Waals surface area (Å²) in [6.07, 6.45) is 4.53. The average Bonchev–Trinajstić information content (AvgIpc) is 2.98. The monoisotopic (exact) mass is 267 g/mol. The van der Waals surface area contributed by atoms with Crippen molar-refractivity contribution >= 4 is 5.91 Å². The van der Waals surface area contributed by atoms with E-state index in [1.807, 2.05) is 0 Å². The first-order chi connectivity index (χ1) is 9.34. The molecule has 0 bridgehead atoms. The Morgan fingerprint density at radius 2 is 1.95 bits per heavy atom. The van der Waals surface area contributed by atoms with Crippen LogP contribution in [0.15, 0.2) is 0 Å². The first kappa shape index (κ1) is 13.3. The van der Waals surface area contributed by atoms with Gasteiger partial charge < -0.3 is 15.0 Å². The van der Waals surface area contributed by atoms with Gasteiger partial charge in [-0.3, -0.25) is 9.69 Å². The highest BCUT2D eigenvalue weighted by molar-refractivity contribution is 5.82. The predicted molar refractivity (Wildman–Crippen MR) is 73.0 cm³/mol. The molecular weight excluding hydrogens is 242 g/mol. The fourth-order valence-corrected chi connectivity index (χ4v) is 3.47. The van der Waals surface area contributed by atoms with Crippen LogP contribution in [-0.2, 0) is 9.53 Å². The van der Waals surface area contributed by atoms with E-state index in [4.69, 9.17) is 4.74 Å². The molecule has 0 aliphatic carbocycles. The Hall–Kier alpha value is -0.650. The van der Waals surface area contributed by atoms with Crippen LogP contribution in [0.4, 0.5) is 0 Å². The van der Waals surface area contributed by atoms with Gasteiger partial charge >= 0.3 is 0 Å². The summed E-state index contributed by atoms with van der Waals surface area (Å²) in [6, 6.07) is 0.633. The van der Waals surface area contributed by atoms with Gasteiger partial charge in [0.2, 0.25) is 5.91 Å². The minimum absolute atomic E-state index is 0.0807. The molecule has 3 aliphatic heterocycles. The number of ether oxygens (including phenoxy) is 1. The number of carbonyl (C=O) groups excluding carboxylic acids is 1. The van der Waals surface area contributed by atoms with Crippen molar-refractivity contribution < 1.29 is 9.53 Å². The summed E-state index contributed by atoms with van der Waals surface area (Å²) in [4.78, 5) is 17.0. The molecule has 3 aliphatic rings. The quantitative estimate of drug-likeness (QED) is 0.768. The van der Waals surface area contributed by atoms with Crippen LogP contribution >= 0.6 is 0 Å². The Labute approximate surface area is 115 Å². The third-order valence-corrected chi connectivity index (χ3v) is 4.65. The van der Waals surface area contributed by atoms with E-state index < -0.39 is 0 Å². The molecule has 5 nitrogen and oxygen atoms in total. The molecule has 3 rings (SSSR count). The van der Waals surface area contributed by atoms with Gasteiger partial charge in [0.25, 0.3) is 0 Å². The van der Waals surface area contributed by atoms with Gasteiger partial charge in [-0.2, -0.15) is 0 Å². The molecule has 1 amide bonds. The summed E-state index contributed by atoms with van der Waals surface area (Å²) >= 11 is 0. The molecule has 0 aromatic heterocycles. The predicted octanol–water partition coefficient (Wildman–Crippen LogP) is 0.0616. The molecule has 5 heteroatoms. The topological polar surface area (TPSA) is 44.8 Å². The summed E-state index contributed by atoms with van der Waals surface area (Å²) in [7, 11) is 0. The maximum Gasteiger partial charge on any atom is 0.239 e. The second-order valence-corrected chi connectivity index (χ2v) is 5.88. The number of likely N-dealkylation sites (tertiary alicyclic amines) is 1. The number of hydrogen-bond acceptors (Lipinski definition) is 4. The van der Waals surface area contributed by atoms with Gasteiger partial charge in [0.05, 0.1) is 19.3 Å². The van der Waals surface area contributed by atoms with Crippen LogP contribution in [0.5, 0.6) is 0 Å². The normalized spacial score (nSPS) is 33.6. The molecule has 3 heterocycles. The second kappa shape index (κ2) is 6.20. The molecule has 108 valence electrons. The van der Waals surface area contributed by atoms with Crippen LogP contribution in [0.2, 0.25) is 0 Å². The number of nitrogens with one attached hydrogen (secondary N) is 1. The number of rotatable bonds is 2. The molecule has 1 N–H and O–H groups in total. The van der Waals surface area contributed by atoms with Crippen LogP contribution in [0, 0.1) is 0 Å². The van der Waals surface area contributed by atoms with Crippen molar-refractivity contribution in [1.29, 1.82) is 0 Å². The van der Waals surface area contributed by atoms with E-state index in [0.29, 0.717) is 11.9 Å². The van der Waals surface area contributed by atoms with Crippen molar-refractivity contribution in [3.05, 3.63) is 0 Å². The van der Waals surface area contributed by atoms with Crippen molar-refractivity contribution in [3.63, 3.8) is 0 Å². The van der Waals surface area contributed by atoms with Crippen molar-refractivity contribution in [1.82, 2.24) is 15.1 Å². The smallest absolute Gasteiger partial charge is 0.239 e. The standard InChI is InChI=1S/C14H25N3O2/c18-14(13-3-1-2-5-15-13)17-6-4-12(11-17)16-7-9-19-10-8-16/h12-13,15H,1-11H2. The van der Waals surface area contributed by atoms with Gasteiger partial charge in [-0.05, 0) is 25.8 Å². The average molecular weight is 267 g/mol. The highest BCUT2D eigenvalue weighted by Gasteiger charge is 2.34. The van der Waals surface area contributed by atoms with Gasteiger partial charge in [0, 0.05) is 32.2 Å². The maximum atomic E-state index is 12.4. The van der Waals surface area contributed by atoms with E-state index >= 15 is 0 Å². The van der Waals surface area contributed by atoms with Gasteiger partial charge in [0.1, 0.15) is 0 Å². The summed E-state index contributed by atoms with van der Waals surface area (Å²) in [5.74, 6) is 0.329. The summed E-state index contributed by atoms with van der Waals surface area (Å²) < 4.78 is 5.40. The molecule has 0 saturated carbocycles. The molecule has 3 saturated heterocycles. The Bertz CT molecular complexity index is 312. The van der Waals surface area contributed by atoms with Crippen molar-refractivity contribution in [3.8, 4) is 0 Å². The molecular formula is C14H25N3O2. The van der Waals surface area contributed by atoms with E-state index in [1.54, 1.807) is 0 Å². The Morgan fingerprint density at radius 3 is 2.68 bits per heavy atom. The Balaban J connectivity index is 1.51. The molecule has 3 fully saturated rings. The fourth-order valence-electron chi connectivity index (χ4n) is 3.47. The number of carbonyl (C=O) groups is 1. The van der Waals surface area contributed by atoms with Crippen LogP contribution in [0.3, 0.4) is 0 Å². The molecule has 0 radical (unpaired) electrons. The summed E-state index contributed by atoms with van der Waals surface area (Å²) in [5, 5.41) is 3.37. The lowest BCUT2D eigenvalue weighted by Gasteiger charge is -2.32. The lowest BCUT2D eigenvalue weighted by atomic mass is 10.0. The van der Waals surface area contributed by atoms with Crippen LogP contribution in [0.25, 0.3) is 0 Å². The van der Waals surface area contributed by atoms with Gasteiger partial charge in [-0.25, -0.2) is 0 Å². The third kappa shape index (κ3) is 3.09. The summed E-state index contributed by atoms with van der Waals surface area (Å²) in [6.45, 7) is 6.57. The SMILES string of the molecule is O=C(C1CCCCN1)N1CCC(N2CCOCC2)C1. The van der Waals surface area contributed by atoms with Crippen molar-refractivity contribution in [2.45, 2.75) is 37.8 Å². The van der Waals surface area contributed by atoms with E-state index in [1.165, 1.54) is 12.8 Å². The lowest BCUT2D eigenvalue weighted by molar-refractivity contribution is -0.133. The highest BCUT2D eigenvalue weighted by Crippen LogP contribution is 2.19. The Kier molecular flexibility index (Phi) is 4.35. The Morgan fingerprint density at radius 1 is 1.11 bits per heavy atom. The van der Waals surface area contributed by atoms with Crippen molar-refractivity contribution in [2.24, 2.45) is 0 Å². The largest absolute Gasteiger partial charge is 0.379 e. The zero-order valence-electron chi connectivity index (χ0n) is 11.6. The maximum absolute atomic E-state index is 12.4. The second-order valence-electron chi connectivity index (χ2n) is 5.88. The number of nitrogens with zero attached hydrogens (tertiary/aromatic N) is 2. The lowest BCUT2D eigenvalue weighted by Crippen LogP contribution is -2.49. The number of morpholine rings is 1. The van der Waals surface area contributed by atoms with Crippen LogP contribution < -0.4 is 5.32 Å². The summed E-state index contributed by atoms with van der Waals surface area (Å²) in [5.41, 5.74) is 0. The first-order valence-corrected chi connectivity index (χ1v) is 7.68. The number of amides is 1. The van der Waals surface area contributed by atoms with Crippen molar-refractivity contribution in [2.75, 3.05) is 45.9 Å². The zero-order valence-corrected chi connectivity index (χ0v) is 11.6. The minimum Gasteiger partial charge on any atom is -0.379 e.